The molecule has 0 aliphatic heterocycles. The van der Waals surface area contributed by atoms with Gasteiger partial charge in [0.1, 0.15) is 5.82 Å². The molecular weight excluding hydrogens is 283 g/mol. The third-order valence-electron chi connectivity index (χ3n) is 2.54. The minimum absolute atomic E-state index is 0.280. The maximum absolute atomic E-state index is 12.8. The first-order chi connectivity index (χ1) is 9.04. The molecule has 0 aliphatic rings. The second kappa shape index (κ2) is 5.99. The molecule has 0 spiro atoms. The SMILES string of the molecule is Cc1cc(Cl)ccc1NC(=S)Nc1ccc(F)cc1. The van der Waals surface area contributed by atoms with E-state index in [1.165, 1.54) is 12.1 Å². The smallest absolute Gasteiger partial charge is 0.175 e. The van der Waals surface area contributed by atoms with Gasteiger partial charge in [-0.05, 0) is 67.2 Å². The molecule has 0 saturated carbocycles. The van der Waals surface area contributed by atoms with Crippen LogP contribution in [0.1, 0.15) is 5.56 Å². The van der Waals surface area contributed by atoms with Gasteiger partial charge in [0.15, 0.2) is 5.11 Å². The molecule has 0 bridgehead atoms. The van der Waals surface area contributed by atoms with Gasteiger partial charge in [0, 0.05) is 16.4 Å². The van der Waals surface area contributed by atoms with Crippen LogP contribution in [0.25, 0.3) is 0 Å². The summed E-state index contributed by atoms with van der Waals surface area (Å²) in [6, 6.07) is 11.5. The Morgan fingerprint density at radius 2 is 1.79 bits per heavy atom. The second-order valence-corrected chi connectivity index (χ2v) is 4.89. The number of thiocarbonyl (C=S) groups is 1. The summed E-state index contributed by atoms with van der Waals surface area (Å²) in [7, 11) is 0. The highest BCUT2D eigenvalue weighted by Gasteiger charge is 2.02. The predicted octanol–water partition coefficient (Wildman–Crippen LogP) is 4.60. The van der Waals surface area contributed by atoms with Gasteiger partial charge in [-0.2, -0.15) is 0 Å². The van der Waals surface area contributed by atoms with Gasteiger partial charge in [-0.3, -0.25) is 0 Å². The molecule has 5 heteroatoms. The van der Waals surface area contributed by atoms with Crippen molar-refractivity contribution in [1.29, 1.82) is 0 Å². The lowest BCUT2D eigenvalue weighted by atomic mass is 10.2. The fourth-order valence-corrected chi connectivity index (χ4v) is 2.04. The van der Waals surface area contributed by atoms with Gasteiger partial charge in [0.05, 0.1) is 0 Å². The zero-order valence-electron chi connectivity index (χ0n) is 10.2. The molecule has 98 valence electrons. The lowest BCUT2D eigenvalue weighted by Crippen LogP contribution is -2.19. The topological polar surface area (TPSA) is 24.1 Å². The molecule has 0 saturated heterocycles. The third-order valence-corrected chi connectivity index (χ3v) is 2.98. The van der Waals surface area contributed by atoms with Crippen LogP contribution in [0.2, 0.25) is 5.02 Å². The van der Waals surface area contributed by atoms with E-state index in [1.54, 1.807) is 18.2 Å². The van der Waals surface area contributed by atoms with E-state index < -0.39 is 0 Å². The van der Waals surface area contributed by atoms with Crippen molar-refractivity contribution in [2.75, 3.05) is 10.6 Å². The van der Waals surface area contributed by atoms with Crippen LogP contribution in [0.3, 0.4) is 0 Å². The molecule has 0 aliphatic carbocycles. The highest BCUT2D eigenvalue weighted by Crippen LogP contribution is 2.20. The van der Waals surface area contributed by atoms with Gasteiger partial charge >= 0.3 is 0 Å². The molecule has 2 N–H and O–H groups in total. The quantitative estimate of drug-likeness (QED) is 0.792. The van der Waals surface area contributed by atoms with Crippen LogP contribution in [-0.2, 0) is 0 Å². The monoisotopic (exact) mass is 294 g/mol. The molecule has 0 radical (unpaired) electrons. The Balaban J connectivity index is 2.03. The van der Waals surface area contributed by atoms with Crippen molar-refractivity contribution >= 4 is 40.3 Å². The number of hydrogen-bond acceptors (Lipinski definition) is 1. The molecule has 0 unspecified atom stereocenters. The van der Waals surface area contributed by atoms with Crippen LogP contribution in [0.4, 0.5) is 15.8 Å². The number of hydrogen-bond donors (Lipinski definition) is 2. The van der Waals surface area contributed by atoms with E-state index in [-0.39, 0.29) is 5.82 Å². The minimum Gasteiger partial charge on any atom is -0.332 e. The van der Waals surface area contributed by atoms with E-state index in [2.05, 4.69) is 10.6 Å². The van der Waals surface area contributed by atoms with Crippen molar-refractivity contribution in [1.82, 2.24) is 0 Å². The molecule has 0 fully saturated rings. The summed E-state index contributed by atoms with van der Waals surface area (Å²) in [5.74, 6) is -0.280. The van der Waals surface area contributed by atoms with Crippen molar-refractivity contribution < 1.29 is 4.39 Å². The maximum Gasteiger partial charge on any atom is 0.175 e. The van der Waals surface area contributed by atoms with E-state index in [1.807, 2.05) is 19.1 Å². The lowest BCUT2D eigenvalue weighted by Gasteiger charge is -2.12. The van der Waals surface area contributed by atoms with Crippen LogP contribution >= 0.6 is 23.8 Å². The van der Waals surface area contributed by atoms with E-state index in [9.17, 15) is 4.39 Å². The third kappa shape index (κ3) is 3.91. The van der Waals surface area contributed by atoms with Gasteiger partial charge in [0.2, 0.25) is 0 Å². The lowest BCUT2D eigenvalue weighted by molar-refractivity contribution is 0.628. The first-order valence-electron chi connectivity index (χ1n) is 5.64. The van der Waals surface area contributed by atoms with Gasteiger partial charge in [-0.15, -0.1) is 0 Å². The van der Waals surface area contributed by atoms with Crippen LogP contribution in [0.5, 0.6) is 0 Å². The molecule has 0 amide bonds. The standard InChI is InChI=1S/C14H12ClFN2S/c1-9-8-10(15)2-7-13(9)18-14(19)17-12-5-3-11(16)4-6-12/h2-8H,1H3,(H2,17,18,19). The van der Waals surface area contributed by atoms with Crippen LogP contribution < -0.4 is 10.6 Å². The van der Waals surface area contributed by atoms with Crippen molar-refractivity contribution in [3.8, 4) is 0 Å². The number of aryl methyl sites for hydroxylation is 1. The van der Waals surface area contributed by atoms with Crippen molar-refractivity contribution in [2.24, 2.45) is 0 Å². The molecule has 0 atom stereocenters. The van der Waals surface area contributed by atoms with Crippen molar-refractivity contribution in [3.63, 3.8) is 0 Å². The first-order valence-corrected chi connectivity index (χ1v) is 6.43. The molecule has 0 aromatic heterocycles. The van der Waals surface area contributed by atoms with E-state index >= 15 is 0 Å². The average molecular weight is 295 g/mol. The predicted molar refractivity (Wildman–Crippen MR) is 82.4 cm³/mol. The highest BCUT2D eigenvalue weighted by molar-refractivity contribution is 7.80. The van der Waals surface area contributed by atoms with Gasteiger partial charge in [0.25, 0.3) is 0 Å². The fraction of sp³-hybridized carbons (Fsp3) is 0.0714. The Bertz CT molecular complexity index is 599. The summed E-state index contributed by atoms with van der Waals surface area (Å²) in [4.78, 5) is 0. The Morgan fingerprint density at radius 1 is 1.11 bits per heavy atom. The maximum atomic E-state index is 12.8. The molecule has 2 rings (SSSR count). The molecule has 2 aromatic rings. The highest BCUT2D eigenvalue weighted by atomic mass is 35.5. The van der Waals surface area contributed by atoms with Crippen LogP contribution in [0, 0.1) is 12.7 Å². The summed E-state index contributed by atoms with van der Waals surface area (Å²) >= 11 is 11.1. The molecule has 19 heavy (non-hydrogen) atoms. The molecular formula is C14H12ClFN2S. The summed E-state index contributed by atoms with van der Waals surface area (Å²) in [6.45, 7) is 1.94. The molecule has 2 aromatic carbocycles. The molecule has 0 heterocycles. The van der Waals surface area contributed by atoms with Gasteiger partial charge in [-0.1, -0.05) is 11.6 Å². The number of rotatable bonds is 2. The fourth-order valence-electron chi connectivity index (χ4n) is 1.59. The Hall–Kier alpha value is -1.65. The van der Waals surface area contributed by atoms with E-state index in [4.69, 9.17) is 23.8 Å². The summed E-state index contributed by atoms with van der Waals surface area (Å²) in [5, 5.41) is 7.17. The minimum atomic E-state index is -0.280. The number of halogens is 2. The summed E-state index contributed by atoms with van der Waals surface area (Å²) in [6.07, 6.45) is 0. The zero-order valence-corrected chi connectivity index (χ0v) is 11.8. The summed E-state index contributed by atoms with van der Waals surface area (Å²) < 4.78 is 12.8. The number of anilines is 2. The first kappa shape index (κ1) is 13.8. The Morgan fingerprint density at radius 3 is 2.42 bits per heavy atom. The second-order valence-electron chi connectivity index (χ2n) is 4.05. The van der Waals surface area contributed by atoms with E-state index in [0.717, 1.165) is 16.9 Å². The van der Waals surface area contributed by atoms with Crippen molar-refractivity contribution in [3.05, 3.63) is 58.9 Å². The normalized spacial score (nSPS) is 10.1. The van der Waals surface area contributed by atoms with Crippen LogP contribution in [0.15, 0.2) is 42.5 Å². The van der Waals surface area contributed by atoms with Gasteiger partial charge in [-0.25, -0.2) is 4.39 Å². The largest absolute Gasteiger partial charge is 0.332 e. The van der Waals surface area contributed by atoms with Crippen molar-refractivity contribution in [2.45, 2.75) is 6.92 Å². The van der Waals surface area contributed by atoms with Crippen LogP contribution in [-0.4, -0.2) is 5.11 Å². The molecule has 2 nitrogen and oxygen atoms in total. The Labute approximate surface area is 121 Å². The number of benzene rings is 2. The zero-order chi connectivity index (χ0) is 13.8. The number of nitrogens with one attached hydrogen (secondary N) is 2. The summed E-state index contributed by atoms with van der Waals surface area (Å²) in [5.41, 5.74) is 2.60. The Kier molecular flexibility index (Phi) is 4.35. The van der Waals surface area contributed by atoms with E-state index in [0.29, 0.717) is 10.1 Å². The van der Waals surface area contributed by atoms with Gasteiger partial charge < -0.3 is 10.6 Å². The average Bonchev–Trinajstić information content (AvgIpc) is 2.36.